The van der Waals surface area contributed by atoms with Gasteiger partial charge in [0.1, 0.15) is 0 Å². The summed E-state index contributed by atoms with van der Waals surface area (Å²) in [7, 11) is -1.87. The molecule has 3 rings (SSSR count). The smallest absolute Gasteiger partial charge is 0.338 e. The summed E-state index contributed by atoms with van der Waals surface area (Å²) in [5.74, 6) is -0.984. The zero-order chi connectivity index (χ0) is 22.6. The van der Waals surface area contributed by atoms with Crippen molar-refractivity contribution in [3.63, 3.8) is 0 Å². The first-order chi connectivity index (χ1) is 14.7. The van der Waals surface area contributed by atoms with Gasteiger partial charge in [0.15, 0.2) is 14.6 Å². The van der Waals surface area contributed by atoms with Gasteiger partial charge in [-0.05, 0) is 43.3 Å². The largest absolute Gasteiger partial charge is 0.462 e. The summed E-state index contributed by atoms with van der Waals surface area (Å²) in [4.78, 5) is 29.5. The SMILES string of the molecule is CCOC(=O)c1ccc2c(c1)sc(=NC(=O)c1cccc(S(C)(=O)=O)c1)n2CCOC. The maximum absolute atomic E-state index is 12.8. The zero-order valence-electron chi connectivity index (χ0n) is 17.3. The minimum atomic E-state index is -3.45. The molecule has 1 heterocycles. The van der Waals surface area contributed by atoms with Gasteiger partial charge < -0.3 is 14.0 Å². The number of fused-ring (bicyclic) bond motifs is 1. The minimum Gasteiger partial charge on any atom is -0.462 e. The number of sulfone groups is 1. The van der Waals surface area contributed by atoms with Gasteiger partial charge in [0.25, 0.3) is 5.91 Å². The molecular formula is C21H22N2O6S2. The van der Waals surface area contributed by atoms with Gasteiger partial charge in [0.2, 0.25) is 0 Å². The fourth-order valence-electron chi connectivity index (χ4n) is 2.91. The van der Waals surface area contributed by atoms with E-state index in [0.717, 1.165) is 16.5 Å². The number of amides is 1. The summed E-state index contributed by atoms with van der Waals surface area (Å²) in [6.07, 6.45) is 1.08. The van der Waals surface area contributed by atoms with E-state index in [1.165, 1.54) is 35.6 Å². The molecule has 0 aliphatic heterocycles. The predicted molar refractivity (Wildman–Crippen MR) is 117 cm³/mol. The Labute approximate surface area is 183 Å². The first-order valence-electron chi connectivity index (χ1n) is 9.43. The second kappa shape index (κ2) is 9.54. The van der Waals surface area contributed by atoms with Gasteiger partial charge >= 0.3 is 5.97 Å². The Hall–Kier alpha value is -2.82. The van der Waals surface area contributed by atoms with Crippen LogP contribution >= 0.6 is 11.3 Å². The lowest BCUT2D eigenvalue weighted by Gasteiger charge is -2.05. The van der Waals surface area contributed by atoms with Gasteiger partial charge in [0.05, 0.1) is 33.9 Å². The van der Waals surface area contributed by atoms with Crippen molar-refractivity contribution in [1.29, 1.82) is 0 Å². The molecule has 0 atom stereocenters. The molecule has 0 aliphatic rings. The van der Waals surface area contributed by atoms with Crippen molar-refractivity contribution < 1.29 is 27.5 Å². The zero-order valence-corrected chi connectivity index (χ0v) is 19.0. The van der Waals surface area contributed by atoms with E-state index in [9.17, 15) is 18.0 Å². The number of rotatable bonds is 7. The van der Waals surface area contributed by atoms with E-state index in [2.05, 4.69) is 4.99 Å². The molecule has 1 aromatic heterocycles. The molecule has 0 unspecified atom stereocenters. The standard InChI is InChI=1S/C21H22N2O6S2/c1-4-29-20(25)15-8-9-17-18(13-15)30-21(23(17)10-11-28-2)22-19(24)14-6-5-7-16(12-14)31(3,26)27/h5-9,12-13H,4,10-11H2,1-3H3. The summed E-state index contributed by atoms with van der Waals surface area (Å²) in [5, 5.41) is 0. The number of carbonyl (C=O) groups excluding carboxylic acids is 2. The van der Waals surface area contributed by atoms with Crippen LogP contribution in [-0.2, 0) is 25.9 Å². The molecule has 10 heteroatoms. The normalized spacial score (nSPS) is 12.3. The fraction of sp³-hybridized carbons (Fsp3) is 0.286. The highest BCUT2D eigenvalue weighted by molar-refractivity contribution is 7.90. The Bertz CT molecular complexity index is 1300. The van der Waals surface area contributed by atoms with Crippen molar-refractivity contribution in [1.82, 2.24) is 4.57 Å². The van der Waals surface area contributed by atoms with Crippen molar-refractivity contribution in [3.05, 3.63) is 58.4 Å². The van der Waals surface area contributed by atoms with Crippen LogP contribution < -0.4 is 4.80 Å². The van der Waals surface area contributed by atoms with Gasteiger partial charge in [-0.2, -0.15) is 4.99 Å². The molecule has 8 nitrogen and oxygen atoms in total. The number of methoxy groups -OCH3 is 1. The molecular weight excluding hydrogens is 440 g/mol. The van der Waals surface area contributed by atoms with Crippen LogP contribution in [-0.4, -0.2) is 51.4 Å². The third-order valence-electron chi connectivity index (χ3n) is 4.42. The number of aromatic nitrogens is 1. The fourth-order valence-corrected chi connectivity index (χ4v) is 4.67. The highest BCUT2D eigenvalue weighted by Gasteiger charge is 2.14. The number of thiazole rings is 1. The molecule has 0 fully saturated rings. The molecule has 0 N–H and O–H groups in total. The number of nitrogens with zero attached hydrogens (tertiary/aromatic N) is 2. The van der Waals surface area contributed by atoms with E-state index < -0.39 is 21.7 Å². The Balaban J connectivity index is 2.09. The summed E-state index contributed by atoms with van der Waals surface area (Å²) >= 11 is 1.25. The molecule has 1 amide bonds. The monoisotopic (exact) mass is 462 g/mol. The van der Waals surface area contributed by atoms with Crippen LogP contribution in [0, 0.1) is 0 Å². The van der Waals surface area contributed by atoms with Crippen LogP contribution in [0.5, 0.6) is 0 Å². The molecule has 0 bridgehead atoms. The van der Waals surface area contributed by atoms with E-state index in [-0.39, 0.29) is 17.1 Å². The van der Waals surface area contributed by atoms with Crippen LogP contribution in [0.1, 0.15) is 27.6 Å². The van der Waals surface area contributed by atoms with Gasteiger partial charge in [-0.3, -0.25) is 4.79 Å². The first kappa shape index (κ1) is 22.9. The van der Waals surface area contributed by atoms with Crippen LogP contribution in [0.3, 0.4) is 0 Å². The maximum Gasteiger partial charge on any atom is 0.338 e. The molecule has 0 spiro atoms. The van der Waals surface area contributed by atoms with Gasteiger partial charge in [0, 0.05) is 25.5 Å². The van der Waals surface area contributed by atoms with Crippen LogP contribution in [0.4, 0.5) is 0 Å². The number of esters is 1. The summed E-state index contributed by atoms with van der Waals surface area (Å²) in [6.45, 7) is 2.86. The second-order valence-corrected chi connectivity index (χ2v) is 9.67. The lowest BCUT2D eigenvalue weighted by Crippen LogP contribution is -2.19. The lowest BCUT2D eigenvalue weighted by atomic mass is 10.2. The van der Waals surface area contributed by atoms with E-state index in [4.69, 9.17) is 9.47 Å². The van der Waals surface area contributed by atoms with E-state index >= 15 is 0 Å². The van der Waals surface area contributed by atoms with Crippen LogP contribution in [0.15, 0.2) is 52.4 Å². The van der Waals surface area contributed by atoms with Crippen molar-refractivity contribution in [2.24, 2.45) is 4.99 Å². The number of hydrogen-bond acceptors (Lipinski definition) is 7. The minimum absolute atomic E-state index is 0.0521. The molecule has 164 valence electrons. The van der Waals surface area contributed by atoms with Gasteiger partial charge in [-0.25, -0.2) is 13.2 Å². The average molecular weight is 463 g/mol. The quantitative estimate of drug-likeness (QED) is 0.500. The predicted octanol–water partition coefficient (Wildman–Crippen LogP) is 2.67. The molecule has 0 radical (unpaired) electrons. The molecule has 31 heavy (non-hydrogen) atoms. The van der Waals surface area contributed by atoms with E-state index in [0.29, 0.717) is 23.5 Å². The second-order valence-electron chi connectivity index (χ2n) is 6.65. The van der Waals surface area contributed by atoms with Crippen LogP contribution in [0.25, 0.3) is 10.2 Å². The maximum atomic E-state index is 12.8. The van der Waals surface area contributed by atoms with Crippen LogP contribution in [0.2, 0.25) is 0 Å². The Morgan fingerprint density at radius 1 is 1.13 bits per heavy atom. The Kier molecular flexibility index (Phi) is 7.04. The Morgan fingerprint density at radius 3 is 2.58 bits per heavy atom. The highest BCUT2D eigenvalue weighted by Crippen LogP contribution is 2.20. The molecule has 2 aromatic carbocycles. The number of carbonyl (C=O) groups is 2. The highest BCUT2D eigenvalue weighted by atomic mass is 32.2. The van der Waals surface area contributed by atoms with Crippen molar-refractivity contribution in [3.8, 4) is 0 Å². The van der Waals surface area contributed by atoms with E-state index in [1.54, 1.807) is 32.2 Å². The van der Waals surface area contributed by atoms with Crippen molar-refractivity contribution in [2.45, 2.75) is 18.4 Å². The topological polar surface area (TPSA) is 104 Å². The molecule has 3 aromatic rings. The summed E-state index contributed by atoms with van der Waals surface area (Å²) < 4.78 is 36.4. The number of benzene rings is 2. The third kappa shape index (κ3) is 5.27. The number of ether oxygens (including phenoxy) is 2. The Morgan fingerprint density at radius 2 is 1.90 bits per heavy atom. The summed E-state index contributed by atoms with van der Waals surface area (Å²) in [5.41, 5.74) is 1.38. The van der Waals surface area contributed by atoms with Crippen molar-refractivity contribution >= 4 is 43.3 Å². The summed E-state index contributed by atoms with van der Waals surface area (Å²) in [6, 6.07) is 10.9. The first-order valence-corrected chi connectivity index (χ1v) is 12.1. The van der Waals surface area contributed by atoms with Crippen molar-refractivity contribution in [2.75, 3.05) is 26.6 Å². The van der Waals surface area contributed by atoms with E-state index in [1.807, 2.05) is 4.57 Å². The molecule has 0 saturated carbocycles. The number of hydrogen-bond donors (Lipinski definition) is 0. The molecule has 0 saturated heterocycles. The lowest BCUT2D eigenvalue weighted by molar-refractivity contribution is 0.0526. The average Bonchev–Trinajstić information content (AvgIpc) is 3.07. The van der Waals surface area contributed by atoms with Gasteiger partial charge in [-0.15, -0.1) is 0 Å². The van der Waals surface area contributed by atoms with Gasteiger partial charge in [-0.1, -0.05) is 17.4 Å². The third-order valence-corrected chi connectivity index (χ3v) is 6.57. The molecule has 0 aliphatic carbocycles.